The predicted molar refractivity (Wildman–Crippen MR) is 117 cm³/mol. The van der Waals surface area contributed by atoms with Crippen LogP contribution in [0.3, 0.4) is 0 Å². The Hall–Kier alpha value is -2.43. The number of nitrogens with one attached hydrogen (secondary N) is 2. The van der Waals surface area contributed by atoms with Gasteiger partial charge in [-0.25, -0.2) is 18.1 Å². The van der Waals surface area contributed by atoms with Crippen LogP contribution in [0.25, 0.3) is 0 Å². The maximum Gasteiger partial charge on any atom is 0.259 e. The van der Waals surface area contributed by atoms with Gasteiger partial charge in [-0.3, -0.25) is 9.69 Å². The van der Waals surface area contributed by atoms with Gasteiger partial charge in [-0.1, -0.05) is 12.1 Å². The highest BCUT2D eigenvalue weighted by atomic mass is 32.2. The number of aryl methyl sites for hydroxylation is 2. The number of hydrogen-bond acceptors (Lipinski definition) is 6. The Morgan fingerprint density at radius 1 is 1.23 bits per heavy atom. The molecule has 0 saturated carbocycles. The van der Waals surface area contributed by atoms with E-state index in [0.717, 1.165) is 37.2 Å². The van der Waals surface area contributed by atoms with E-state index in [9.17, 15) is 13.2 Å². The van der Waals surface area contributed by atoms with Gasteiger partial charge in [0.25, 0.3) is 10.0 Å². The summed E-state index contributed by atoms with van der Waals surface area (Å²) in [6.45, 7) is 4.20. The molecule has 2 heterocycles. The normalized spacial score (nSPS) is 15.7. The molecule has 31 heavy (non-hydrogen) atoms. The van der Waals surface area contributed by atoms with Crippen LogP contribution in [-0.4, -0.2) is 62.1 Å². The topological polar surface area (TPSA) is 106 Å². The molecule has 1 amide bonds. The fourth-order valence-electron chi connectivity index (χ4n) is 3.66. The average Bonchev–Trinajstić information content (AvgIpc) is 3.39. The van der Waals surface area contributed by atoms with E-state index in [4.69, 9.17) is 4.74 Å². The van der Waals surface area contributed by atoms with Crippen LogP contribution in [0, 0.1) is 6.92 Å². The van der Waals surface area contributed by atoms with Crippen LogP contribution >= 0.6 is 0 Å². The first-order valence-corrected chi connectivity index (χ1v) is 11.9. The zero-order valence-corrected chi connectivity index (χ0v) is 19.1. The highest BCUT2D eigenvalue weighted by molar-refractivity contribution is 7.89. The average molecular weight is 450 g/mol. The molecule has 1 aromatic carbocycles. The molecule has 10 heteroatoms. The second-order valence-electron chi connectivity index (χ2n) is 7.72. The Bertz CT molecular complexity index is 962. The number of likely N-dealkylation sites (tertiary alicyclic amines) is 1. The van der Waals surface area contributed by atoms with Gasteiger partial charge < -0.3 is 14.6 Å². The number of hydrogen-bond donors (Lipinski definition) is 2. The summed E-state index contributed by atoms with van der Waals surface area (Å²) in [6.07, 6.45) is 3.80. The Labute approximate surface area is 183 Å². The van der Waals surface area contributed by atoms with E-state index < -0.39 is 10.0 Å². The van der Waals surface area contributed by atoms with E-state index in [0.29, 0.717) is 12.4 Å². The molecule has 0 aliphatic carbocycles. The van der Waals surface area contributed by atoms with Crippen molar-refractivity contribution >= 4 is 15.9 Å². The molecule has 9 nitrogen and oxygen atoms in total. The summed E-state index contributed by atoms with van der Waals surface area (Å²) in [7, 11) is -0.368. The summed E-state index contributed by atoms with van der Waals surface area (Å²) in [5, 5.41) is 2.92. The third-order valence-corrected chi connectivity index (χ3v) is 6.91. The van der Waals surface area contributed by atoms with E-state index in [1.807, 2.05) is 24.3 Å². The number of ether oxygens (including phenoxy) is 1. The van der Waals surface area contributed by atoms with Gasteiger partial charge >= 0.3 is 0 Å². The van der Waals surface area contributed by atoms with Gasteiger partial charge in [0, 0.05) is 32.8 Å². The lowest BCUT2D eigenvalue weighted by Gasteiger charge is -2.28. The Balaban J connectivity index is 1.53. The van der Waals surface area contributed by atoms with Gasteiger partial charge in [-0.2, -0.15) is 0 Å². The molecule has 0 spiro atoms. The minimum Gasteiger partial charge on any atom is -0.497 e. The molecule has 1 aliphatic heterocycles. The first-order valence-electron chi connectivity index (χ1n) is 10.4. The third kappa shape index (κ3) is 6.05. The minimum atomic E-state index is -3.73. The molecule has 2 N–H and O–H groups in total. The zero-order valence-electron chi connectivity index (χ0n) is 18.3. The first-order chi connectivity index (χ1) is 14.8. The van der Waals surface area contributed by atoms with Crippen LogP contribution in [0.15, 0.2) is 35.5 Å². The van der Waals surface area contributed by atoms with Gasteiger partial charge in [-0.05, 0) is 50.6 Å². The monoisotopic (exact) mass is 449 g/mol. The Morgan fingerprint density at radius 2 is 1.90 bits per heavy atom. The van der Waals surface area contributed by atoms with Crippen LogP contribution in [0.1, 0.15) is 36.7 Å². The molecular formula is C21H31N5O4S. The highest BCUT2D eigenvalue weighted by Gasteiger charge is 2.24. The van der Waals surface area contributed by atoms with Crippen molar-refractivity contribution in [2.75, 3.05) is 33.3 Å². The quantitative estimate of drug-likeness (QED) is 0.567. The van der Waals surface area contributed by atoms with E-state index in [1.165, 1.54) is 6.20 Å². The molecule has 1 fully saturated rings. The molecule has 0 bridgehead atoms. The standard InChI is InChI=1S/C21H31N5O4S/c1-16-24-21(15-25(16)2)31(28,29)23-11-10-20(27)22-14-19(26-12-4-5-13-26)17-6-8-18(30-3)9-7-17/h6-9,15,19,23H,4-5,10-14H2,1-3H3,(H,22,27)/t19-/m0/s1. The molecule has 170 valence electrons. The Morgan fingerprint density at radius 3 is 2.48 bits per heavy atom. The second kappa shape index (κ2) is 10.3. The molecule has 0 unspecified atom stereocenters. The number of benzene rings is 1. The maximum atomic E-state index is 12.4. The van der Waals surface area contributed by atoms with E-state index in [2.05, 4.69) is 19.9 Å². The zero-order chi connectivity index (χ0) is 22.4. The minimum absolute atomic E-state index is 0.0146. The van der Waals surface area contributed by atoms with E-state index >= 15 is 0 Å². The summed E-state index contributed by atoms with van der Waals surface area (Å²) in [5.41, 5.74) is 1.12. The second-order valence-corrected chi connectivity index (χ2v) is 9.43. The lowest BCUT2D eigenvalue weighted by atomic mass is 10.1. The summed E-state index contributed by atoms with van der Waals surface area (Å²) in [6, 6.07) is 7.97. The fourth-order valence-corrected chi connectivity index (χ4v) is 4.73. The number of imidazole rings is 1. The Kier molecular flexibility index (Phi) is 7.69. The number of rotatable bonds is 10. The van der Waals surface area contributed by atoms with Crippen LogP contribution in [0.5, 0.6) is 5.75 Å². The summed E-state index contributed by atoms with van der Waals surface area (Å²) in [4.78, 5) is 18.8. The maximum absolute atomic E-state index is 12.4. The highest BCUT2D eigenvalue weighted by Crippen LogP contribution is 2.26. The molecule has 1 saturated heterocycles. The van der Waals surface area contributed by atoms with Crippen LogP contribution in [0.4, 0.5) is 0 Å². The molecule has 2 aromatic rings. The van der Waals surface area contributed by atoms with Crippen molar-refractivity contribution < 1.29 is 17.9 Å². The number of carbonyl (C=O) groups is 1. The van der Waals surface area contributed by atoms with Crippen LogP contribution in [0.2, 0.25) is 0 Å². The number of amides is 1. The van der Waals surface area contributed by atoms with Crippen molar-refractivity contribution in [1.82, 2.24) is 24.5 Å². The van der Waals surface area contributed by atoms with Gasteiger partial charge in [0.2, 0.25) is 5.91 Å². The van der Waals surface area contributed by atoms with Gasteiger partial charge in [0.05, 0.1) is 13.2 Å². The van der Waals surface area contributed by atoms with Crippen molar-refractivity contribution in [3.05, 3.63) is 41.9 Å². The lowest BCUT2D eigenvalue weighted by Crippen LogP contribution is -2.38. The number of sulfonamides is 1. The summed E-state index contributed by atoms with van der Waals surface area (Å²) >= 11 is 0. The SMILES string of the molecule is COc1ccc([C@H](CNC(=O)CCNS(=O)(=O)c2cn(C)c(C)n2)N2CCCC2)cc1. The largest absolute Gasteiger partial charge is 0.497 e. The van der Waals surface area contributed by atoms with Crippen molar-refractivity contribution in [2.24, 2.45) is 7.05 Å². The van der Waals surface area contributed by atoms with Gasteiger partial charge in [0.15, 0.2) is 5.03 Å². The van der Waals surface area contributed by atoms with Crippen molar-refractivity contribution in [3.63, 3.8) is 0 Å². The summed E-state index contributed by atoms with van der Waals surface area (Å²) < 4.78 is 34.0. The number of aromatic nitrogens is 2. The molecule has 3 rings (SSSR count). The molecule has 0 radical (unpaired) electrons. The van der Waals surface area contributed by atoms with Gasteiger partial charge in [0.1, 0.15) is 11.6 Å². The molecule has 1 aromatic heterocycles. The molecular weight excluding hydrogens is 418 g/mol. The predicted octanol–water partition coefficient (Wildman–Crippen LogP) is 1.36. The van der Waals surface area contributed by atoms with Crippen molar-refractivity contribution in [1.29, 1.82) is 0 Å². The van der Waals surface area contributed by atoms with Crippen molar-refractivity contribution in [3.8, 4) is 5.75 Å². The van der Waals surface area contributed by atoms with Crippen LogP contribution < -0.4 is 14.8 Å². The van der Waals surface area contributed by atoms with E-state index in [-0.39, 0.29) is 29.9 Å². The fraction of sp³-hybridized carbons (Fsp3) is 0.524. The molecule has 1 atom stereocenters. The first kappa shape index (κ1) is 23.2. The molecule has 1 aliphatic rings. The number of methoxy groups -OCH3 is 1. The smallest absolute Gasteiger partial charge is 0.259 e. The van der Waals surface area contributed by atoms with Crippen LogP contribution in [-0.2, 0) is 21.9 Å². The summed E-state index contributed by atoms with van der Waals surface area (Å²) in [5.74, 6) is 1.20. The lowest BCUT2D eigenvalue weighted by molar-refractivity contribution is -0.121. The number of carbonyl (C=O) groups excluding carboxylic acids is 1. The third-order valence-electron chi connectivity index (χ3n) is 5.58. The van der Waals surface area contributed by atoms with E-state index in [1.54, 1.807) is 25.6 Å². The number of nitrogens with zero attached hydrogens (tertiary/aromatic N) is 3. The van der Waals surface area contributed by atoms with Gasteiger partial charge in [-0.15, -0.1) is 0 Å². The van der Waals surface area contributed by atoms with Crippen molar-refractivity contribution in [2.45, 2.75) is 37.3 Å².